The van der Waals surface area contributed by atoms with Crippen LogP contribution in [0.4, 0.5) is 0 Å². The van der Waals surface area contributed by atoms with E-state index < -0.39 is 39.2 Å². The van der Waals surface area contributed by atoms with Gasteiger partial charge in [0.05, 0.1) is 22.3 Å². The predicted octanol–water partition coefficient (Wildman–Crippen LogP) is 29.9. The molecule has 0 aliphatic heterocycles. The molecule has 2 fully saturated rings. The molecule has 0 saturated heterocycles. The molecule has 0 bridgehead atoms. The summed E-state index contributed by atoms with van der Waals surface area (Å²) in [6.45, 7) is 0.945. The normalized spacial score (nSPS) is 15.7. The SMILES string of the molecule is C.C.C.C.Cc1ccc2cc3oc4c(-c5ccccc5C)[n+](C)ccc4c3cc2c1.Cc1ccccc1-c1c2oc3cc4ccccc4cc3c2cc[n+]1C.[2H]C([2H])([2H])c1ccc(-c2c3oc4c5ccc(C6([2H])CCCC6)cc5ccc4c3c(C([2H])([2H])[2H])c[n+]2C)c(C)c1.[2H]C([2H])([2H])c1ccc(-c2c3oc4c5ccc(C6([2H])CCCCC6)cc5ccc4c3c(C([2H])([2H])[2H])c[n+]2C)c(C)c1. The van der Waals surface area contributed by atoms with Crippen LogP contribution in [-0.4, -0.2) is 0 Å². The Hall–Kier alpha value is -12.5. The Kier molecular flexibility index (Phi) is 18.5. The number of aryl methyl sites for hydroxylation is 13. The summed E-state index contributed by atoms with van der Waals surface area (Å²) in [4.78, 5) is 0. The molecule has 0 atom stereocenters. The zero-order valence-corrected chi connectivity index (χ0v) is 67.0. The lowest BCUT2D eigenvalue weighted by Gasteiger charge is -2.22. The Bertz CT molecular complexity index is 8010. The fourth-order valence-electron chi connectivity index (χ4n) is 18.5. The maximum absolute atomic E-state index is 9.08. The Labute approximate surface area is 727 Å². The minimum Gasteiger partial charge on any atom is -0.449 e. The molecule has 8 nitrogen and oxygen atoms in total. The topological polar surface area (TPSA) is 68.1 Å². The van der Waals surface area contributed by atoms with Crippen LogP contribution < -0.4 is 18.3 Å². The lowest BCUT2D eigenvalue weighted by Crippen LogP contribution is -2.31. The summed E-state index contributed by atoms with van der Waals surface area (Å²) < 4.78 is 148. The number of fused-ring (bicyclic) bond motifs is 18. The second-order valence-electron chi connectivity index (χ2n) is 32.2. The smallest absolute Gasteiger partial charge is 0.256 e. The van der Waals surface area contributed by atoms with E-state index in [0.29, 0.717) is 44.5 Å². The van der Waals surface area contributed by atoms with Crippen LogP contribution in [-0.2, 0) is 28.2 Å². The van der Waals surface area contributed by atoms with Crippen molar-refractivity contribution in [1.82, 2.24) is 0 Å². The molecule has 0 spiro atoms. The predicted molar refractivity (Wildman–Crippen MR) is 508 cm³/mol. The second kappa shape index (κ2) is 33.3. The molecule has 2 saturated carbocycles. The summed E-state index contributed by atoms with van der Waals surface area (Å²) in [5, 5.41) is 15.8. The second-order valence-corrected chi connectivity index (χ2v) is 32.2. The van der Waals surface area contributed by atoms with Gasteiger partial charge in [-0.1, -0.05) is 230 Å². The van der Waals surface area contributed by atoms with Gasteiger partial charge in [-0.2, -0.15) is 18.3 Å². The van der Waals surface area contributed by atoms with Gasteiger partial charge in [0.2, 0.25) is 22.3 Å². The van der Waals surface area contributed by atoms with Crippen LogP contribution in [0.5, 0.6) is 0 Å². The highest BCUT2D eigenvalue weighted by Gasteiger charge is 2.30. The Balaban J connectivity index is 0.000000137. The number of hydrogen-bond acceptors (Lipinski definition) is 4. The van der Waals surface area contributed by atoms with E-state index in [1.807, 2.05) is 62.4 Å². The fraction of sp³-hybridized carbons (Fsp3) is 0.250. The minimum absolute atomic E-state index is 0. The summed E-state index contributed by atoms with van der Waals surface area (Å²) in [6.07, 6.45) is 16.4. The van der Waals surface area contributed by atoms with Gasteiger partial charge in [0.1, 0.15) is 50.5 Å². The van der Waals surface area contributed by atoms with Crippen LogP contribution in [0.3, 0.4) is 0 Å². The molecule has 2 aliphatic carbocycles. The first kappa shape index (κ1) is 66.4. The number of nitrogens with zero attached hydrogens (tertiary/aromatic N) is 4. The van der Waals surface area contributed by atoms with Crippen molar-refractivity contribution in [3.63, 3.8) is 0 Å². The van der Waals surface area contributed by atoms with Gasteiger partial charge in [0, 0.05) is 96.3 Å². The zero-order chi connectivity index (χ0) is 91.3. The average Bonchev–Trinajstić information content (AvgIpc) is 1.58. The highest BCUT2D eigenvalue weighted by Crippen LogP contribution is 2.46. The Morgan fingerprint density at radius 1 is 0.283 bits per heavy atom. The summed E-state index contributed by atoms with van der Waals surface area (Å²) >= 11 is 0. The zero-order valence-electron chi connectivity index (χ0n) is 81.0. The van der Waals surface area contributed by atoms with Crippen molar-refractivity contribution in [2.24, 2.45) is 28.2 Å². The quantitative estimate of drug-likeness (QED) is 0.156. The molecule has 8 heterocycles. The van der Waals surface area contributed by atoms with Gasteiger partial charge >= 0.3 is 0 Å². The minimum atomic E-state index is -2.37. The van der Waals surface area contributed by atoms with Crippen LogP contribution in [0.25, 0.3) is 176 Å². The standard InChI is InChI=1S/C31H32NO.C30H30NO.C24H20NO.C23H18NO.4CH4/c1-19-10-13-25(20(2)16-19)29-31-28(21(3)18-32(29)4)27-15-12-24-17-23(22-8-6-5-7-9-22)11-14-26(24)30(27)33-31;1-18-9-12-24(19(2)15-18)28-30-27(20(3)17-31(28)4)26-14-11-23-16-22(21-7-5-6-8-21)10-13-25(23)29(26)32-30;1-15-8-9-17-14-22-21(13-18(17)12-15)20-10-11-25(3)23(24(20)26-22)19-7-5-4-6-16(19)2;1-15-7-3-6-10-18(15)22-23-19(11-12-24(22)2)20-13-16-8-4-5-9-17(16)14-21(20)25-23;;;;/h10-18,22H,5-9H2,1-4H3;9-17,21H,5-8H2,1-4H3;4-14H,1-3H3;3-14H,1-2H3;4*1H4/q4*+1;;;;/i1D3,3D3,22D;1D3,3D3,21D;;;;;;. The number of pyridine rings is 4. The third-order valence-electron chi connectivity index (χ3n) is 24.4. The number of aromatic nitrogens is 4. The van der Waals surface area contributed by atoms with Gasteiger partial charge in [-0.15, -0.1) is 0 Å². The first-order chi connectivity index (χ1) is 61.9. The van der Waals surface area contributed by atoms with Crippen LogP contribution in [0.1, 0.15) is 180 Å². The van der Waals surface area contributed by atoms with E-state index in [-0.39, 0.29) is 52.0 Å². The Morgan fingerprint density at radius 2 is 0.675 bits per heavy atom. The van der Waals surface area contributed by atoms with Crippen molar-refractivity contribution >= 4 is 131 Å². The molecule has 22 rings (SSSR count). The molecule has 2 aliphatic rings. The van der Waals surface area contributed by atoms with Gasteiger partial charge in [-0.3, -0.25) is 0 Å². The van der Waals surface area contributed by atoms with Crippen LogP contribution in [0.2, 0.25) is 0 Å². The molecule has 0 amide bonds. The average molecular weight is 1600 g/mol. The molecule has 0 N–H and O–H groups in total. The van der Waals surface area contributed by atoms with E-state index in [0.717, 1.165) is 156 Å². The van der Waals surface area contributed by atoms with Crippen LogP contribution >= 0.6 is 0 Å². The van der Waals surface area contributed by atoms with Gasteiger partial charge in [-0.05, 0) is 226 Å². The van der Waals surface area contributed by atoms with E-state index in [1.54, 1.807) is 72.0 Å². The van der Waals surface area contributed by atoms with E-state index >= 15 is 0 Å². The van der Waals surface area contributed by atoms with E-state index in [2.05, 4.69) is 196 Å². The molecule has 8 aromatic heterocycles. The summed E-state index contributed by atoms with van der Waals surface area (Å²) in [5.41, 5.74) is 21.7. The number of rotatable bonds is 6. The van der Waals surface area contributed by atoms with Crippen molar-refractivity contribution in [2.75, 3.05) is 0 Å². The van der Waals surface area contributed by atoms with Crippen molar-refractivity contribution in [1.29, 1.82) is 0 Å². The van der Waals surface area contributed by atoms with Crippen molar-refractivity contribution in [2.45, 2.75) is 161 Å². The molecule has 604 valence electrons. The van der Waals surface area contributed by atoms with Crippen LogP contribution in [0, 0.1) is 62.0 Å². The summed E-state index contributed by atoms with van der Waals surface area (Å²) in [7, 11) is 7.73. The molecule has 12 aromatic carbocycles. The van der Waals surface area contributed by atoms with E-state index in [4.69, 9.17) is 36.9 Å². The highest BCUT2D eigenvalue weighted by atomic mass is 16.3. The number of hydrogen-bond donors (Lipinski definition) is 0. The number of furan rings is 4. The molecule has 20 aromatic rings. The van der Waals surface area contributed by atoms with Crippen molar-refractivity contribution in [3.05, 3.63) is 310 Å². The maximum atomic E-state index is 9.08. The largest absolute Gasteiger partial charge is 0.449 e. The van der Waals surface area contributed by atoms with Crippen molar-refractivity contribution in [3.8, 4) is 45.0 Å². The lowest BCUT2D eigenvalue weighted by atomic mass is 9.83. The molecular weight excluding hydrogens is 1470 g/mol. The van der Waals surface area contributed by atoms with Crippen LogP contribution in [0.15, 0.2) is 267 Å². The summed E-state index contributed by atoms with van der Waals surface area (Å²) in [5.74, 6) is -1.14. The van der Waals surface area contributed by atoms with E-state index in [1.165, 1.54) is 71.9 Å². The van der Waals surface area contributed by atoms with Gasteiger partial charge < -0.3 is 17.7 Å². The number of benzene rings is 12. The Morgan fingerprint density at radius 3 is 1.12 bits per heavy atom. The monoisotopic (exact) mass is 1590 g/mol. The first-order valence-corrected chi connectivity index (χ1v) is 40.4. The van der Waals surface area contributed by atoms with Gasteiger partial charge in [0.25, 0.3) is 22.8 Å². The highest BCUT2D eigenvalue weighted by molar-refractivity contribution is 6.20. The van der Waals surface area contributed by atoms with Crippen molar-refractivity contribution < 1.29 is 55.1 Å². The molecular formula is C112H116N4O4+4. The van der Waals surface area contributed by atoms with E-state index in [9.17, 15) is 0 Å². The molecule has 120 heavy (non-hydrogen) atoms. The third kappa shape index (κ3) is 14.6. The maximum Gasteiger partial charge on any atom is 0.256 e. The third-order valence-corrected chi connectivity index (χ3v) is 24.4. The first-order valence-electron chi connectivity index (χ1n) is 47.4. The molecule has 0 unspecified atom stereocenters. The summed E-state index contributed by atoms with van der Waals surface area (Å²) in [6, 6.07) is 75.1. The molecule has 8 heteroatoms. The lowest BCUT2D eigenvalue weighted by molar-refractivity contribution is -0.659. The molecule has 0 radical (unpaired) electrons. The fourth-order valence-corrected chi connectivity index (χ4v) is 18.5. The van der Waals surface area contributed by atoms with Gasteiger partial charge in [0.15, 0.2) is 24.8 Å². The van der Waals surface area contributed by atoms with Gasteiger partial charge in [-0.25, -0.2) is 0 Å².